The van der Waals surface area contributed by atoms with Crippen LogP contribution in [0.5, 0.6) is 0 Å². The summed E-state index contributed by atoms with van der Waals surface area (Å²) < 4.78 is 29.2. The van der Waals surface area contributed by atoms with Crippen LogP contribution in [-0.2, 0) is 19.4 Å². The summed E-state index contributed by atoms with van der Waals surface area (Å²) in [5.74, 6) is -0.416. The van der Waals surface area contributed by atoms with Gasteiger partial charge in [-0.25, -0.2) is 8.42 Å². The molecule has 0 aliphatic carbocycles. The van der Waals surface area contributed by atoms with Crippen LogP contribution in [0.15, 0.2) is 35.2 Å². The van der Waals surface area contributed by atoms with E-state index in [1.165, 1.54) is 7.11 Å². The summed E-state index contributed by atoms with van der Waals surface area (Å²) in [5.41, 5.74) is 0. The van der Waals surface area contributed by atoms with E-state index in [1.54, 1.807) is 30.3 Å². The average Bonchev–Trinajstić information content (AvgIpc) is 2.89. The van der Waals surface area contributed by atoms with Gasteiger partial charge in [0.05, 0.1) is 12.0 Å². The van der Waals surface area contributed by atoms with Gasteiger partial charge in [-0.3, -0.25) is 10.1 Å². The lowest BCUT2D eigenvalue weighted by atomic mass is 10.2. The number of rotatable bonds is 3. The molecule has 0 radical (unpaired) electrons. The van der Waals surface area contributed by atoms with Gasteiger partial charge in [0.2, 0.25) is 0 Å². The third kappa shape index (κ3) is 2.39. The van der Waals surface area contributed by atoms with Gasteiger partial charge in [0.25, 0.3) is 0 Å². The van der Waals surface area contributed by atoms with Gasteiger partial charge in [-0.05, 0) is 25.0 Å². The molecular formula is C12H15NO4S. The van der Waals surface area contributed by atoms with E-state index in [1.807, 2.05) is 0 Å². The Morgan fingerprint density at radius 3 is 2.56 bits per heavy atom. The highest BCUT2D eigenvalue weighted by molar-refractivity contribution is 7.92. The lowest BCUT2D eigenvalue weighted by Gasteiger charge is -2.13. The number of benzene rings is 1. The molecule has 2 rings (SSSR count). The van der Waals surface area contributed by atoms with Crippen molar-refractivity contribution in [3.05, 3.63) is 30.3 Å². The molecule has 1 fully saturated rings. The Bertz CT molecular complexity index is 526. The maximum Gasteiger partial charge on any atom is 0.322 e. The maximum atomic E-state index is 12.3. The lowest BCUT2D eigenvalue weighted by Crippen LogP contribution is -2.40. The third-order valence-electron chi connectivity index (χ3n) is 3.04. The second-order valence-corrected chi connectivity index (χ2v) is 6.30. The number of hydrogen-bond acceptors (Lipinski definition) is 5. The second-order valence-electron chi connectivity index (χ2n) is 4.17. The van der Waals surface area contributed by atoms with Crippen LogP contribution in [-0.4, -0.2) is 32.9 Å². The number of carbonyl (C=O) groups excluding carboxylic acids is 1. The maximum absolute atomic E-state index is 12.3. The lowest BCUT2D eigenvalue weighted by molar-refractivity contribution is -0.142. The Labute approximate surface area is 106 Å². The minimum atomic E-state index is -3.43. The highest BCUT2D eigenvalue weighted by Gasteiger charge is 2.37. The van der Waals surface area contributed by atoms with Crippen LogP contribution in [0.3, 0.4) is 0 Å². The fraction of sp³-hybridized carbons (Fsp3) is 0.417. The molecule has 98 valence electrons. The van der Waals surface area contributed by atoms with Crippen molar-refractivity contribution in [1.29, 1.82) is 0 Å². The topological polar surface area (TPSA) is 72.5 Å². The van der Waals surface area contributed by atoms with E-state index < -0.39 is 27.2 Å². The third-order valence-corrected chi connectivity index (χ3v) is 5.09. The number of methoxy groups -OCH3 is 1. The molecule has 1 aliphatic rings. The smallest absolute Gasteiger partial charge is 0.322 e. The molecule has 1 heterocycles. The van der Waals surface area contributed by atoms with Crippen LogP contribution in [0.25, 0.3) is 0 Å². The second kappa shape index (κ2) is 5.07. The van der Waals surface area contributed by atoms with Crippen LogP contribution < -0.4 is 5.32 Å². The van der Waals surface area contributed by atoms with Crippen LogP contribution in [0, 0.1) is 0 Å². The first-order valence-electron chi connectivity index (χ1n) is 5.68. The Kier molecular flexibility index (Phi) is 3.68. The highest BCUT2D eigenvalue weighted by Crippen LogP contribution is 2.23. The summed E-state index contributed by atoms with van der Waals surface area (Å²) in [6, 6.07) is 7.71. The van der Waals surface area contributed by atoms with Gasteiger partial charge in [0.1, 0.15) is 11.4 Å². The minimum absolute atomic E-state index is 0.271. The van der Waals surface area contributed by atoms with Crippen molar-refractivity contribution in [2.75, 3.05) is 7.11 Å². The largest absolute Gasteiger partial charge is 0.468 e. The molecule has 0 aromatic heterocycles. The van der Waals surface area contributed by atoms with Crippen molar-refractivity contribution in [3.8, 4) is 0 Å². The summed E-state index contributed by atoms with van der Waals surface area (Å²) in [6.07, 6.45) is 0.889. The van der Waals surface area contributed by atoms with E-state index in [9.17, 15) is 13.2 Å². The standard InChI is InChI=1S/C12H15NO4S/c1-17-12(14)10-7-8-11(13-10)18(15,16)9-5-3-2-4-6-9/h2-6,10-11,13H,7-8H2,1H3. The van der Waals surface area contributed by atoms with Gasteiger partial charge < -0.3 is 4.74 Å². The number of ether oxygens (including phenoxy) is 1. The molecule has 1 aromatic carbocycles. The molecule has 1 saturated heterocycles. The van der Waals surface area contributed by atoms with E-state index in [4.69, 9.17) is 0 Å². The first-order valence-corrected chi connectivity index (χ1v) is 7.23. The average molecular weight is 269 g/mol. The van der Waals surface area contributed by atoms with Gasteiger partial charge in [-0.2, -0.15) is 0 Å². The van der Waals surface area contributed by atoms with Gasteiger partial charge in [-0.1, -0.05) is 18.2 Å². The van der Waals surface area contributed by atoms with E-state index in [0.29, 0.717) is 12.8 Å². The Morgan fingerprint density at radius 1 is 1.28 bits per heavy atom. The molecule has 18 heavy (non-hydrogen) atoms. The Balaban J connectivity index is 2.17. The Morgan fingerprint density at radius 2 is 1.94 bits per heavy atom. The monoisotopic (exact) mass is 269 g/mol. The molecule has 1 aromatic rings. The van der Waals surface area contributed by atoms with E-state index in [0.717, 1.165) is 0 Å². The van der Waals surface area contributed by atoms with Crippen molar-refractivity contribution >= 4 is 15.8 Å². The zero-order valence-electron chi connectivity index (χ0n) is 10.00. The molecule has 5 nitrogen and oxygen atoms in total. The first-order chi connectivity index (χ1) is 8.55. The fourth-order valence-electron chi connectivity index (χ4n) is 2.06. The first kappa shape index (κ1) is 13.0. The zero-order chi connectivity index (χ0) is 13.2. The Hall–Kier alpha value is -1.40. The van der Waals surface area contributed by atoms with Crippen LogP contribution in [0.2, 0.25) is 0 Å². The van der Waals surface area contributed by atoms with Gasteiger partial charge in [0.15, 0.2) is 9.84 Å². The van der Waals surface area contributed by atoms with Crippen molar-refractivity contribution in [2.45, 2.75) is 29.2 Å². The predicted octanol–water partition coefficient (Wildman–Crippen LogP) is 0.711. The van der Waals surface area contributed by atoms with Crippen molar-refractivity contribution in [3.63, 3.8) is 0 Å². The normalized spacial score (nSPS) is 23.8. The minimum Gasteiger partial charge on any atom is -0.468 e. The van der Waals surface area contributed by atoms with Crippen LogP contribution in [0.1, 0.15) is 12.8 Å². The molecule has 2 unspecified atom stereocenters. The molecular weight excluding hydrogens is 254 g/mol. The van der Waals surface area contributed by atoms with Gasteiger partial charge in [-0.15, -0.1) is 0 Å². The molecule has 0 spiro atoms. The van der Waals surface area contributed by atoms with E-state index in [2.05, 4.69) is 10.1 Å². The van der Waals surface area contributed by atoms with Crippen molar-refractivity contribution in [2.24, 2.45) is 0 Å². The summed E-state index contributed by atoms with van der Waals surface area (Å²) in [7, 11) is -2.14. The van der Waals surface area contributed by atoms with Crippen molar-refractivity contribution in [1.82, 2.24) is 5.32 Å². The number of nitrogens with one attached hydrogen (secondary N) is 1. The summed E-state index contributed by atoms with van der Waals surface area (Å²) in [4.78, 5) is 11.6. The highest BCUT2D eigenvalue weighted by atomic mass is 32.2. The van der Waals surface area contributed by atoms with Crippen molar-refractivity contribution < 1.29 is 17.9 Å². The molecule has 1 N–H and O–H groups in total. The fourth-order valence-corrected chi connectivity index (χ4v) is 3.71. The summed E-state index contributed by atoms with van der Waals surface area (Å²) >= 11 is 0. The molecule has 0 bridgehead atoms. The molecule has 6 heteroatoms. The number of carbonyl (C=O) groups is 1. The molecule has 2 atom stereocenters. The number of esters is 1. The van der Waals surface area contributed by atoms with E-state index >= 15 is 0 Å². The number of sulfone groups is 1. The zero-order valence-corrected chi connectivity index (χ0v) is 10.8. The predicted molar refractivity (Wildman–Crippen MR) is 65.6 cm³/mol. The van der Waals surface area contributed by atoms with Crippen LogP contribution in [0.4, 0.5) is 0 Å². The molecule has 0 amide bonds. The van der Waals surface area contributed by atoms with Crippen LogP contribution >= 0.6 is 0 Å². The molecule has 0 saturated carbocycles. The molecule has 1 aliphatic heterocycles. The van der Waals surface area contributed by atoms with E-state index in [-0.39, 0.29) is 4.90 Å². The van der Waals surface area contributed by atoms with Gasteiger partial charge >= 0.3 is 5.97 Å². The van der Waals surface area contributed by atoms with Gasteiger partial charge in [0, 0.05) is 0 Å². The summed E-state index contributed by atoms with van der Waals surface area (Å²) in [6.45, 7) is 0. The SMILES string of the molecule is COC(=O)C1CCC(S(=O)(=O)c2ccccc2)N1. The quantitative estimate of drug-likeness (QED) is 0.818. The number of hydrogen-bond donors (Lipinski definition) is 1. The summed E-state index contributed by atoms with van der Waals surface area (Å²) in [5, 5.41) is 2.10.